The fourth-order valence-electron chi connectivity index (χ4n) is 2.28. The Labute approximate surface area is 162 Å². The standard InChI is InChI=1S/C20H22N4O4/c1-13(18(26)24-17-10-8-16(9-11-17)23-14(2)25)22-20(28)19(27)21-12-15-6-4-3-5-7-15/h3-11,13H,12H2,1-2H3,(H,21,27)(H,22,28)(H,23,25)(H,24,26)/t13-/m0/s1. The highest BCUT2D eigenvalue weighted by atomic mass is 16.2. The molecule has 2 rings (SSSR count). The fraction of sp³-hybridized carbons (Fsp3) is 0.200. The molecule has 0 aliphatic heterocycles. The highest BCUT2D eigenvalue weighted by molar-refractivity contribution is 6.35. The number of amides is 4. The molecular formula is C20H22N4O4. The zero-order valence-corrected chi connectivity index (χ0v) is 15.6. The maximum absolute atomic E-state index is 12.2. The minimum Gasteiger partial charge on any atom is -0.344 e. The van der Waals surface area contributed by atoms with Gasteiger partial charge in [-0.05, 0) is 36.8 Å². The summed E-state index contributed by atoms with van der Waals surface area (Å²) in [5, 5.41) is 10.1. The van der Waals surface area contributed by atoms with Crippen LogP contribution in [-0.2, 0) is 25.7 Å². The van der Waals surface area contributed by atoms with E-state index in [1.54, 1.807) is 24.3 Å². The first-order valence-electron chi connectivity index (χ1n) is 8.66. The zero-order chi connectivity index (χ0) is 20.5. The van der Waals surface area contributed by atoms with Crippen molar-refractivity contribution in [2.24, 2.45) is 0 Å². The van der Waals surface area contributed by atoms with Crippen LogP contribution in [0.4, 0.5) is 11.4 Å². The third-order valence-corrected chi connectivity index (χ3v) is 3.72. The molecule has 2 aromatic carbocycles. The minimum atomic E-state index is -0.912. The third-order valence-electron chi connectivity index (χ3n) is 3.72. The van der Waals surface area contributed by atoms with Gasteiger partial charge in [0.15, 0.2) is 0 Å². The number of carbonyl (C=O) groups is 4. The topological polar surface area (TPSA) is 116 Å². The van der Waals surface area contributed by atoms with Gasteiger partial charge in [0, 0.05) is 24.8 Å². The largest absolute Gasteiger partial charge is 0.344 e. The molecule has 8 heteroatoms. The van der Waals surface area contributed by atoms with E-state index in [4.69, 9.17) is 0 Å². The van der Waals surface area contributed by atoms with Crippen molar-refractivity contribution in [2.45, 2.75) is 26.4 Å². The van der Waals surface area contributed by atoms with E-state index in [0.717, 1.165) is 5.56 Å². The van der Waals surface area contributed by atoms with Gasteiger partial charge in [-0.1, -0.05) is 30.3 Å². The summed E-state index contributed by atoms with van der Waals surface area (Å²) in [6.07, 6.45) is 0. The van der Waals surface area contributed by atoms with Gasteiger partial charge >= 0.3 is 11.8 Å². The lowest BCUT2D eigenvalue weighted by Crippen LogP contribution is -2.47. The van der Waals surface area contributed by atoms with E-state index in [9.17, 15) is 19.2 Å². The molecule has 0 aliphatic carbocycles. The molecule has 0 aromatic heterocycles. The number of hydrogen-bond donors (Lipinski definition) is 4. The Morgan fingerprint density at radius 1 is 0.821 bits per heavy atom. The van der Waals surface area contributed by atoms with Crippen LogP contribution in [0.2, 0.25) is 0 Å². The molecule has 0 fully saturated rings. The first kappa shape index (κ1) is 20.6. The summed E-state index contributed by atoms with van der Waals surface area (Å²) in [5.41, 5.74) is 1.95. The second kappa shape index (κ2) is 9.86. The van der Waals surface area contributed by atoms with Crippen LogP contribution in [0.3, 0.4) is 0 Å². The molecule has 0 aliphatic rings. The zero-order valence-electron chi connectivity index (χ0n) is 15.6. The number of nitrogens with one attached hydrogen (secondary N) is 4. The van der Waals surface area contributed by atoms with E-state index in [2.05, 4.69) is 21.3 Å². The predicted octanol–water partition coefficient (Wildman–Crippen LogP) is 1.40. The van der Waals surface area contributed by atoms with Gasteiger partial charge in [0.2, 0.25) is 11.8 Å². The van der Waals surface area contributed by atoms with E-state index in [1.807, 2.05) is 30.3 Å². The SMILES string of the molecule is CC(=O)Nc1ccc(NC(=O)[C@H](C)NC(=O)C(=O)NCc2ccccc2)cc1. The number of benzene rings is 2. The lowest BCUT2D eigenvalue weighted by molar-refractivity contribution is -0.140. The average molecular weight is 382 g/mol. The lowest BCUT2D eigenvalue weighted by Gasteiger charge is -2.14. The molecule has 28 heavy (non-hydrogen) atoms. The Bertz CT molecular complexity index is 850. The van der Waals surface area contributed by atoms with Gasteiger partial charge in [-0.15, -0.1) is 0 Å². The van der Waals surface area contributed by atoms with E-state index in [-0.39, 0.29) is 12.5 Å². The molecular weight excluding hydrogens is 360 g/mol. The second-order valence-electron chi connectivity index (χ2n) is 6.11. The molecule has 0 heterocycles. The maximum Gasteiger partial charge on any atom is 0.309 e. The molecule has 0 saturated heterocycles. The molecule has 4 N–H and O–H groups in total. The summed E-state index contributed by atoms with van der Waals surface area (Å²) >= 11 is 0. The number of carbonyl (C=O) groups excluding carboxylic acids is 4. The van der Waals surface area contributed by atoms with Gasteiger partial charge in [0.1, 0.15) is 6.04 Å². The van der Waals surface area contributed by atoms with Gasteiger partial charge in [-0.25, -0.2) is 0 Å². The summed E-state index contributed by atoms with van der Waals surface area (Å²) < 4.78 is 0. The van der Waals surface area contributed by atoms with Crippen molar-refractivity contribution in [2.75, 3.05) is 10.6 Å². The summed E-state index contributed by atoms with van der Waals surface area (Å²) in [6, 6.07) is 14.8. The quantitative estimate of drug-likeness (QED) is 0.565. The van der Waals surface area contributed by atoms with Crippen LogP contribution in [0, 0.1) is 0 Å². The van der Waals surface area contributed by atoms with Crippen LogP contribution in [-0.4, -0.2) is 29.7 Å². The van der Waals surface area contributed by atoms with Crippen LogP contribution in [0.15, 0.2) is 54.6 Å². The normalized spacial score (nSPS) is 11.1. The highest BCUT2D eigenvalue weighted by Crippen LogP contribution is 2.13. The van der Waals surface area contributed by atoms with Crippen molar-refractivity contribution >= 4 is 35.0 Å². The Morgan fingerprint density at radius 3 is 1.96 bits per heavy atom. The molecule has 0 radical (unpaired) electrons. The molecule has 146 valence electrons. The van der Waals surface area contributed by atoms with Gasteiger partial charge in [-0.2, -0.15) is 0 Å². The number of anilines is 2. The molecule has 0 unspecified atom stereocenters. The fourth-order valence-corrected chi connectivity index (χ4v) is 2.28. The van der Waals surface area contributed by atoms with Gasteiger partial charge in [0.25, 0.3) is 0 Å². The Balaban J connectivity index is 1.81. The number of rotatable bonds is 6. The Hall–Kier alpha value is -3.68. The average Bonchev–Trinajstić information content (AvgIpc) is 2.67. The maximum atomic E-state index is 12.2. The first-order chi connectivity index (χ1) is 13.3. The minimum absolute atomic E-state index is 0.196. The molecule has 2 aromatic rings. The Kier molecular flexibility index (Phi) is 7.27. The van der Waals surface area contributed by atoms with Crippen molar-refractivity contribution in [3.63, 3.8) is 0 Å². The van der Waals surface area contributed by atoms with Crippen molar-refractivity contribution < 1.29 is 19.2 Å². The molecule has 1 atom stereocenters. The number of hydrogen-bond acceptors (Lipinski definition) is 4. The van der Waals surface area contributed by atoms with Gasteiger partial charge < -0.3 is 21.3 Å². The predicted molar refractivity (Wildman–Crippen MR) is 105 cm³/mol. The summed E-state index contributed by atoms with van der Waals surface area (Å²) in [5.74, 6) is -2.38. The monoisotopic (exact) mass is 382 g/mol. The molecule has 0 spiro atoms. The van der Waals surface area contributed by atoms with Crippen LogP contribution >= 0.6 is 0 Å². The van der Waals surface area contributed by atoms with Crippen molar-refractivity contribution in [3.8, 4) is 0 Å². The van der Waals surface area contributed by atoms with Crippen molar-refractivity contribution in [1.82, 2.24) is 10.6 Å². The van der Waals surface area contributed by atoms with E-state index >= 15 is 0 Å². The molecule has 0 saturated carbocycles. The summed E-state index contributed by atoms with van der Waals surface area (Å²) in [6.45, 7) is 3.09. The Morgan fingerprint density at radius 2 is 1.39 bits per heavy atom. The first-order valence-corrected chi connectivity index (χ1v) is 8.66. The molecule has 4 amide bonds. The summed E-state index contributed by atoms with van der Waals surface area (Å²) in [7, 11) is 0. The molecule has 8 nitrogen and oxygen atoms in total. The van der Waals surface area contributed by atoms with E-state index in [0.29, 0.717) is 11.4 Å². The van der Waals surface area contributed by atoms with Gasteiger partial charge in [0.05, 0.1) is 0 Å². The highest BCUT2D eigenvalue weighted by Gasteiger charge is 2.20. The second-order valence-corrected chi connectivity index (χ2v) is 6.11. The lowest BCUT2D eigenvalue weighted by atomic mass is 10.2. The van der Waals surface area contributed by atoms with E-state index in [1.165, 1.54) is 13.8 Å². The third kappa shape index (κ3) is 6.56. The van der Waals surface area contributed by atoms with Crippen LogP contribution in [0.5, 0.6) is 0 Å². The van der Waals surface area contributed by atoms with Crippen molar-refractivity contribution in [3.05, 3.63) is 60.2 Å². The van der Waals surface area contributed by atoms with Crippen LogP contribution < -0.4 is 21.3 Å². The van der Waals surface area contributed by atoms with Crippen LogP contribution in [0.1, 0.15) is 19.4 Å². The smallest absolute Gasteiger partial charge is 0.309 e. The van der Waals surface area contributed by atoms with Crippen molar-refractivity contribution in [1.29, 1.82) is 0 Å². The molecule has 0 bridgehead atoms. The van der Waals surface area contributed by atoms with Gasteiger partial charge in [-0.3, -0.25) is 19.2 Å². The van der Waals surface area contributed by atoms with Crippen LogP contribution in [0.25, 0.3) is 0 Å². The van der Waals surface area contributed by atoms with E-state index < -0.39 is 23.8 Å². The summed E-state index contributed by atoms with van der Waals surface area (Å²) in [4.78, 5) is 47.0.